The molecule has 1 aromatic rings. The highest BCUT2D eigenvalue weighted by atomic mass is 16.2. The minimum absolute atomic E-state index is 0.0894. The number of rotatable bonds is 15. The van der Waals surface area contributed by atoms with Gasteiger partial charge in [0.2, 0.25) is 18.1 Å². The van der Waals surface area contributed by atoms with E-state index in [1.54, 1.807) is 0 Å². The van der Waals surface area contributed by atoms with Gasteiger partial charge in [-0.05, 0) is 44.2 Å². The van der Waals surface area contributed by atoms with Crippen LogP contribution in [0.15, 0.2) is 30.3 Å². The Morgan fingerprint density at radius 3 is 2.46 bits per heavy atom. The second kappa shape index (κ2) is 14.0. The summed E-state index contributed by atoms with van der Waals surface area (Å²) in [6, 6.07) is 9.79. The van der Waals surface area contributed by atoms with Gasteiger partial charge in [0.05, 0.1) is 6.04 Å². The highest BCUT2D eigenvalue weighted by Crippen LogP contribution is 2.03. The van der Waals surface area contributed by atoms with Gasteiger partial charge in [0.1, 0.15) is 0 Å². The number of aryl methyl sites for hydroxylation is 1. The molecule has 26 heavy (non-hydrogen) atoms. The molecule has 6 heteroatoms. The number of unbranched alkanes of at least 4 members (excludes halogenated alkanes) is 2. The van der Waals surface area contributed by atoms with Crippen LogP contribution in [0.5, 0.6) is 0 Å². The zero-order valence-corrected chi connectivity index (χ0v) is 15.3. The number of primary amides is 1. The molecule has 0 spiro atoms. The number of carbonyl (C=O) groups excluding carboxylic acids is 3. The average molecular weight is 360 g/mol. The van der Waals surface area contributed by atoms with Crippen LogP contribution in [0.4, 0.5) is 0 Å². The molecule has 0 saturated carbocycles. The van der Waals surface area contributed by atoms with Crippen molar-refractivity contribution in [1.29, 1.82) is 0 Å². The topological polar surface area (TPSA) is 101 Å². The molecule has 0 heterocycles. The van der Waals surface area contributed by atoms with E-state index in [0.717, 1.165) is 32.1 Å². The summed E-state index contributed by atoms with van der Waals surface area (Å²) in [7, 11) is 0. The fourth-order valence-electron chi connectivity index (χ4n) is 2.61. The summed E-state index contributed by atoms with van der Waals surface area (Å²) in [6.07, 6.45) is 7.47. The van der Waals surface area contributed by atoms with Gasteiger partial charge in [0, 0.05) is 19.4 Å². The predicted molar refractivity (Wildman–Crippen MR) is 102 cm³/mol. The van der Waals surface area contributed by atoms with Gasteiger partial charge < -0.3 is 16.4 Å². The Kier molecular flexibility index (Phi) is 11.8. The first-order valence-electron chi connectivity index (χ1n) is 9.32. The highest BCUT2D eigenvalue weighted by Gasteiger charge is 2.08. The highest BCUT2D eigenvalue weighted by molar-refractivity contribution is 5.75. The minimum atomic E-state index is -0.449. The Morgan fingerprint density at radius 1 is 1.00 bits per heavy atom. The summed E-state index contributed by atoms with van der Waals surface area (Å²) >= 11 is 0. The van der Waals surface area contributed by atoms with E-state index in [0.29, 0.717) is 25.9 Å². The summed E-state index contributed by atoms with van der Waals surface area (Å²) in [4.78, 5) is 33.2. The molecule has 4 N–H and O–H groups in total. The first-order chi connectivity index (χ1) is 12.6. The van der Waals surface area contributed by atoms with E-state index in [-0.39, 0.29) is 12.3 Å². The lowest BCUT2D eigenvalue weighted by Gasteiger charge is -2.10. The van der Waals surface area contributed by atoms with E-state index in [9.17, 15) is 14.4 Å². The van der Waals surface area contributed by atoms with Gasteiger partial charge in [-0.2, -0.15) is 0 Å². The van der Waals surface area contributed by atoms with Crippen LogP contribution in [-0.2, 0) is 20.8 Å². The van der Waals surface area contributed by atoms with Crippen molar-refractivity contribution in [3.05, 3.63) is 35.9 Å². The number of hydrogen-bond donors (Lipinski definition) is 3. The van der Waals surface area contributed by atoms with Crippen molar-refractivity contribution in [1.82, 2.24) is 10.6 Å². The van der Waals surface area contributed by atoms with E-state index >= 15 is 0 Å². The monoisotopic (exact) mass is 360 g/mol. The molecule has 2 amide bonds. The molecule has 0 saturated heterocycles. The van der Waals surface area contributed by atoms with Crippen LogP contribution >= 0.6 is 0 Å². The third-order valence-corrected chi connectivity index (χ3v) is 4.10. The van der Waals surface area contributed by atoms with Crippen LogP contribution in [0.25, 0.3) is 0 Å². The molecule has 6 nitrogen and oxygen atoms in total. The summed E-state index contributed by atoms with van der Waals surface area (Å²) < 4.78 is 0. The van der Waals surface area contributed by atoms with E-state index in [4.69, 9.17) is 5.73 Å². The Morgan fingerprint density at radius 2 is 1.77 bits per heavy atom. The van der Waals surface area contributed by atoms with Crippen LogP contribution in [0, 0.1) is 0 Å². The van der Waals surface area contributed by atoms with Crippen molar-refractivity contribution in [3.8, 4) is 0 Å². The van der Waals surface area contributed by atoms with Crippen molar-refractivity contribution in [3.63, 3.8) is 0 Å². The van der Waals surface area contributed by atoms with Crippen LogP contribution in [0.3, 0.4) is 0 Å². The fraction of sp³-hybridized carbons (Fsp3) is 0.550. The number of benzene rings is 1. The molecule has 1 unspecified atom stereocenters. The summed E-state index contributed by atoms with van der Waals surface area (Å²) in [5.74, 6) is -0.326. The molecular weight excluding hydrogens is 330 g/mol. The SMILES string of the molecule is NC(=O)CCC([C]=O)NCCCCCC(=O)NCCCc1ccccc1. The summed E-state index contributed by atoms with van der Waals surface area (Å²) in [5.41, 5.74) is 6.34. The first-order valence-corrected chi connectivity index (χ1v) is 9.32. The van der Waals surface area contributed by atoms with Crippen molar-refractivity contribution >= 4 is 18.1 Å². The van der Waals surface area contributed by atoms with Gasteiger partial charge in [-0.25, -0.2) is 0 Å². The molecular formula is C20H30N3O3. The van der Waals surface area contributed by atoms with Gasteiger partial charge in [-0.1, -0.05) is 36.8 Å². The molecule has 1 rings (SSSR count). The summed E-state index contributed by atoms with van der Waals surface area (Å²) in [5, 5.41) is 5.99. The Bertz CT molecular complexity index is 534. The lowest BCUT2D eigenvalue weighted by atomic mass is 10.1. The van der Waals surface area contributed by atoms with E-state index in [1.165, 1.54) is 5.56 Å². The lowest BCUT2D eigenvalue weighted by Crippen LogP contribution is -2.32. The predicted octanol–water partition coefficient (Wildman–Crippen LogP) is 1.63. The third kappa shape index (κ3) is 11.4. The van der Waals surface area contributed by atoms with Crippen LogP contribution in [0.1, 0.15) is 50.5 Å². The zero-order valence-electron chi connectivity index (χ0n) is 15.3. The van der Waals surface area contributed by atoms with Crippen LogP contribution in [0.2, 0.25) is 0 Å². The molecule has 143 valence electrons. The summed E-state index contributed by atoms with van der Waals surface area (Å²) in [6.45, 7) is 1.36. The van der Waals surface area contributed by atoms with Gasteiger partial charge >= 0.3 is 0 Å². The number of amides is 2. The van der Waals surface area contributed by atoms with E-state index in [1.807, 2.05) is 24.5 Å². The maximum absolute atomic E-state index is 11.8. The standard InChI is InChI=1S/C20H30N3O3/c21-19(25)13-12-18(16-24)22-14-6-2-5-11-20(26)23-15-7-10-17-8-3-1-4-9-17/h1,3-4,8-9,18,22H,2,5-7,10-15H2,(H2,21,25)(H,23,26). The number of hydrogen-bond acceptors (Lipinski definition) is 4. The average Bonchev–Trinajstić information content (AvgIpc) is 2.64. The molecule has 0 aromatic heterocycles. The molecule has 0 fully saturated rings. The molecule has 1 radical (unpaired) electrons. The Labute approximate surface area is 155 Å². The van der Waals surface area contributed by atoms with Gasteiger partial charge in [-0.15, -0.1) is 0 Å². The second-order valence-electron chi connectivity index (χ2n) is 6.38. The molecule has 0 aliphatic heterocycles. The van der Waals surface area contributed by atoms with E-state index in [2.05, 4.69) is 22.8 Å². The number of nitrogens with two attached hydrogens (primary N) is 1. The molecule has 1 aromatic carbocycles. The maximum atomic E-state index is 11.8. The van der Waals surface area contributed by atoms with Crippen molar-refractivity contribution in [2.45, 2.75) is 57.4 Å². The molecule has 0 bridgehead atoms. The smallest absolute Gasteiger partial charge is 0.219 e. The number of nitrogens with one attached hydrogen (secondary N) is 2. The quantitative estimate of drug-likeness (QED) is 0.414. The minimum Gasteiger partial charge on any atom is -0.370 e. The largest absolute Gasteiger partial charge is 0.370 e. The third-order valence-electron chi connectivity index (χ3n) is 4.10. The van der Waals surface area contributed by atoms with Crippen molar-refractivity contribution < 1.29 is 14.4 Å². The number of carbonyl (C=O) groups is 2. The van der Waals surface area contributed by atoms with E-state index < -0.39 is 11.9 Å². The normalized spacial score (nSPS) is 11.7. The van der Waals surface area contributed by atoms with Gasteiger partial charge in [0.25, 0.3) is 0 Å². The Balaban J connectivity index is 1.95. The zero-order chi connectivity index (χ0) is 19.0. The molecule has 1 atom stereocenters. The first kappa shape index (κ1) is 21.8. The maximum Gasteiger partial charge on any atom is 0.219 e. The van der Waals surface area contributed by atoms with Crippen molar-refractivity contribution in [2.24, 2.45) is 5.73 Å². The van der Waals surface area contributed by atoms with Crippen molar-refractivity contribution in [2.75, 3.05) is 13.1 Å². The molecule has 0 aliphatic carbocycles. The van der Waals surface area contributed by atoms with Crippen LogP contribution in [-0.4, -0.2) is 37.2 Å². The lowest BCUT2D eigenvalue weighted by molar-refractivity contribution is -0.121. The fourth-order valence-corrected chi connectivity index (χ4v) is 2.61. The Hall–Kier alpha value is -2.21. The van der Waals surface area contributed by atoms with Gasteiger partial charge in [-0.3, -0.25) is 14.4 Å². The van der Waals surface area contributed by atoms with Crippen LogP contribution < -0.4 is 16.4 Å². The molecule has 0 aliphatic rings. The van der Waals surface area contributed by atoms with Gasteiger partial charge in [0.15, 0.2) is 0 Å². The second-order valence-corrected chi connectivity index (χ2v) is 6.38.